The van der Waals surface area contributed by atoms with E-state index < -0.39 is 12.0 Å². The lowest BCUT2D eigenvalue weighted by molar-refractivity contribution is -0.141. The summed E-state index contributed by atoms with van der Waals surface area (Å²) in [6.45, 7) is 4.45. The lowest BCUT2D eigenvalue weighted by Gasteiger charge is -2.36. The second-order valence-electron chi connectivity index (χ2n) is 9.17. The number of nitrogens with one attached hydrogen (secondary N) is 1. The van der Waals surface area contributed by atoms with Crippen molar-refractivity contribution in [3.05, 3.63) is 124 Å². The van der Waals surface area contributed by atoms with Gasteiger partial charge in [-0.1, -0.05) is 71.9 Å². The number of aryl methyl sites for hydroxylation is 1. The number of ether oxygens (including phenoxy) is 1. The highest BCUT2D eigenvalue weighted by Gasteiger charge is 2.41. The molecule has 0 saturated carbocycles. The molecule has 2 aliphatic rings. The summed E-state index contributed by atoms with van der Waals surface area (Å²) >= 11 is 1.46. The van der Waals surface area contributed by atoms with Gasteiger partial charge in [0.2, 0.25) is 5.91 Å². The number of amidine groups is 1. The number of nitrogens with zero attached hydrogens (tertiary/aromatic N) is 3. The van der Waals surface area contributed by atoms with Crippen LogP contribution in [0.4, 0.5) is 0 Å². The summed E-state index contributed by atoms with van der Waals surface area (Å²) in [5, 5.41) is 5.66. The third kappa shape index (κ3) is 5.70. The van der Waals surface area contributed by atoms with Gasteiger partial charge in [-0.05, 0) is 48.1 Å². The van der Waals surface area contributed by atoms with Gasteiger partial charge in [0.15, 0.2) is 5.17 Å². The van der Waals surface area contributed by atoms with Crippen molar-refractivity contribution in [2.75, 3.05) is 0 Å². The van der Waals surface area contributed by atoms with Crippen LogP contribution in [0, 0.1) is 6.92 Å². The summed E-state index contributed by atoms with van der Waals surface area (Å²) < 4.78 is 5.76. The molecule has 192 valence electrons. The Kier molecular flexibility index (Phi) is 7.70. The molecule has 0 aliphatic carbocycles. The van der Waals surface area contributed by atoms with Gasteiger partial charge in [-0.15, -0.1) is 0 Å². The highest BCUT2D eigenvalue weighted by atomic mass is 32.2. The minimum Gasteiger partial charge on any atom is -0.457 e. The molecular weight excluding hydrogens is 496 g/mol. The Bertz CT molecular complexity index is 1420. The van der Waals surface area contributed by atoms with E-state index in [0.717, 1.165) is 33.1 Å². The molecule has 1 unspecified atom stereocenters. The SMILES string of the molecule is CC1=C(C(=O)OCc2ccccc2)C(c2ccc(C)cc2)N2C(CC(=O)NCc3ccncc3)=CSC2=N1. The van der Waals surface area contributed by atoms with Crippen LogP contribution in [0.3, 0.4) is 0 Å². The monoisotopic (exact) mass is 524 g/mol. The van der Waals surface area contributed by atoms with Crippen molar-refractivity contribution in [3.8, 4) is 0 Å². The van der Waals surface area contributed by atoms with Crippen LogP contribution in [0.15, 0.2) is 106 Å². The first-order valence-electron chi connectivity index (χ1n) is 12.4. The topological polar surface area (TPSA) is 83.9 Å². The van der Waals surface area contributed by atoms with Gasteiger partial charge in [0.05, 0.1) is 23.7 Å². The predicted molar refractivity (Wildman–Crippen MR) is 149 cm³/mol. The fourth-order valence-corrected chi connectivity index (χ4v) is 5.39. The van der Waals surface area contributed by atoms with Crippen molar-refractivity contribution in [1.29, 1.82) is 0 Å². The molecule has 1 aromatic heterocycles. The van der Waals surface area contributed by atoms with E-state index in [2.05, 4.69) is 10.3 Å². The summed E-state index contributed by atoms with van der Waals surface area (Å²) in [7, 11) is 0. The van der Waals surface area contributed by atoms with Crippen molar-refractivity contribution in [3.63, 3.8) is 0 Å². The number of aromatic nitrogens is 1. The van der Waals surface area contributed by atoms with Gasteiger partial charge < -0.3 is 15.0 Å². The second kappa shape index (κ2) is 11.5. The molecule has 1 N–H and O–H groups in total. The predicted octanol–water partition coefficient (Wildman–Crippen LogP) is 5.41. The molecule has 0 radical (unpaired) electrons. The third-order valence-electron chi connectivity index (χ3n) is 6.41. The van der Waals surface area contributed by atoms with Crippen LogP contribution >= 0.6 is 11.8 Å². The smallest absolute Gasteiger partial charge is 0.338 e. The summed E-state index contributed by atoms with van der Waals surface area (Å²) in [6.07, 6.45) is 3.56. The number of benzene rings is 2. The van der Waals surface area contributed by atoms with Crippen molar-refractivity contribution < 1.29 is 14.3 Å². The van der Waals surface area contributed by atoms with Gasteiger partial charge in [0.1, 0.15) is 6.61 Å². The third-order valence-corrected chi connectivity index (χ3v) is 7.30. The Morgan fingerprint density at radius 3 is 2.45 bits per heavy atom. The number of carbonyl (C=O) groups excluding carboxylic acids is 2. The van der Waals surface area contributed by atoms with Crippen molar-refractivity contribution in [1.82, 2.24) is 15.2 Å². The number of carbonyl (C=O) groups is 2. The first-order valence-corrected chi connectivity index (χ1v) is 13.2. The summed E-state index contributed by atoms with van der Waals surface area (Å²) in [5.41, 5.74) is 5.81. The van der Waals surface area contributed by atoms with Crippen molar-refractivity contribution in [2.45, 2.75) is 39.5 Å². The maximum atomic E-state index is 13.5. The van der Waals surface area contributed by atoms with Gasteiger partial charge >= 0.3 is 5.97 Å². The Morgan fingerprint density at radius 1 is 0.974 bits per heavy atom. The molecule has 3 aromatic rings. The maximum Gasteiger partial charge on any atom is 0.338 e. The van der Waals surface area contributed by atoms with Gasteiger partial charge in [-0.25, -0.2) is 9.79 Å². The molecule has 5 rings (SSSR count). The number of pyridine rings is 1. The van der Waals surface area contributed by atoms with Crippen LogP contribution in [0.5, 0.6) is 0 Å². The molecule has 0 spiro atoms. The molecule has 0 saturated heterocycles. The number of amides is 1. The zero-order valence-corrected chi connectivity index (χ0v) is 22.1. The van der Waals surface area contributed by atoms with Crippen LogP contribution in [0.1, 0.15) is 41.6 Å². The number of rotatable bonds is 8. The lowest BCUT2D eigenvalue weighted by atomic mass is 9.93. The van der Waals surface area contributed by atoms with Crippen LogP contribution in [0.25, 0.3) is 0 Å². The van der Waals surface area contributed by atoms with E-state index in [9.17, 15) is 9.59 Å². The highest BCUT2D eigenvalue weighted by Crippen LogP contribution is 2.44. The fraction of sp³-hybridized carbons (Fsp3) is 0.200. The Hall–Kier alpha value is -4.17. The van der Waals surface area contributed by atoms with E-state index in [-0.39, 0.29) is 18.9 Å². The minimum absolute atomic E-state index is 0.114. The molecule has 0 fully saturated rings. The maximum absolute atomic E-state index is 13.5. The Labute approximate surface area is 226 Å². The van der Waals surface area contributed by atoms with Crippen molar-refractivity contribution >= 4 is 28.8 Å². The van der Waals surface area contributed by atoms with Gasteiger partial charge in [0, 0.05) is 24.6 Å². The Morgan fingerprint density at radius 2 is 1.71 bits per heavy atom. The molecule has 8 heteroatoms. The standard InChI is InChI=1S/C30H28N4O3S/c1-20-8-10-24(11-9-20)28-27(29(36)37-18-23-6-4-3-5-7-23)21(2)33-30-34(28)25(19-38-30)16-26(35)32-17-22-12-14-31-15-13-22/h3-15,19,28H,16-18H2,1-2H3,(H,32,35). The van der Waals surface area contributed by atoms with E-state index in [0.29, 0.717) is 17.8 Å². The first-order chi connectivity index (χ1) is 18.5. The van der Waals surface area contributed by atoms with E-state index in [1.807, 2.05) is 90.9 Å². The normalized spacial score (nSPS) is 16.5. The molecular formula is C30H28N4O3S. The van der Waals surface area contributed by atoms with Gasteiger partial charge in [0.25, 0.3) is 0 Å². The van der Waals surface area contributed by atoms with E-state index in [1.54, 1.807) is 12.4 Å². The van der Waals surface area contributed by atoms with E-state index in [4.69, 9.17) is 9.73 Å². The van der Waals surface area contributed by atoms with E-state index >= 15 is 0 Å². The number of esters is 1. The van der Waals surface area contributed by atoms with E-state index in [1.165, 1.54) is 11.8 Å². The number of allylic oxidation sites excluding steroid dienone is 1. The molecule has 3 heterocycles. The largest absolute Gasteiger partial charge is 0.457 e. The number of hydrogen-bond acceptors (Lipinski definition) is 7. The molecule has 1 atom stereocenters. The van der Waals surface area contributed by atoms with Crippen LogP contribution in [-0.2, 0) is 27.5 Å². The molecule has 7 nitrogen and oxygen atoms in total. The zero-order valence-electron chi connectivity index (χ0n) is 21.3. The minimum atomic E-state index is -0.458. The number of hydrogen-bond donors (Lipinski definition) is 1. The first kappa shape index (κ1) is 25.5. The molecule has 2 aliphatic heterocycles. The second-order valence-corrected chi connectivity index (χ2v) is 10.0. The quantitative estimate of drug-likeness (QED) is 0.397. The number of aliphatic imine (C=N–C) groups is 1. The summed E-state index contributed by atoms with van der Waals surface area (Å²) in [4.78, 5) is 37.2. The van der Waals surface area contributed by atoms with Gasteiger partial charge in [-0.3, -0.25) is 9.78 Å². The highest BCUT2D eigenvalue weighted by molar-refractivity contribution is 8.16. The van der Waals surface area contributed by atoms with Crippen molar-refractivity contribution in [2.24, 2.45) is 4.99 Å². The average Bonchev–Trinajstić information content (AvgIpc) is 3.33. The average molecular weight is 525 g/mol. The van der Waals surface area contributed by atoms with Gasteiger partial charge in [-0.2, -0.15) is 0 Å². The van der Waals surface area contributed by atoms with Crippen LogP contribution in [-0.4, -0.2) is 26.9 Å². The Balaban J connectivity index is 1.39. The molecule has 38 heavy (non-hydrogen) atoms. The zero-order chi connectivity index (χ0) is 26.5. The number of thioether (sulfide) groups is 1. The summed E-state index contributed by atoms with van der Waals surface area (Å²) in [6, 6.07) is 21.0. The molecule has 1 amide bonds. The van der Waals surface area contributed by atoms with Crippen LogP contribution < -0.4 is 5.32 Å². The summed E-state index contributed by atoms with van der Waals surface area (Å²) in [5.74, 6) is -0.532. The fourth-order valence-electron chi connectivity index (χ4n) is 4.42. The number of fused-ring (bicyclic) bond motifs is 1. The van der Waals surface area contributed by atoms with Crippen LogP contribution in [0.2, 0.25) is 0 Å². The lowest BCUT2D eigenvalue weighted by Crippen LogP contribution is -2.38. The molecule has 2 aromatic carbocycles. The molecule has 0 bridgehead atoms.